The van der Waals surface area contributed by atoms with Crippen LogP contribution in [0.3, 0.4) is 0 Å². The Hall–Kier alpha value is -7.20. The van der Waals surface area contributed by atoms with E-state index in [1.165, 1.54) is 30.7 Å². The molecule has 70 heavy (non-hydrogen) atoms. The molecule has 1 N–H and O–H groups in total. The van der Waals surface area contributed by atoms with E-state index in [0.29, 0.717) is 17.5 Å². The number of pyridine rings is 2. The van der Waals surface area contributed by atoms with Crippen molar-refractivity contribution in [1.29, 1.82) is 0 Å². The standard InChI is InChI=1S/C18H11N2.2C17H10N3.C5H8O2.3Ir/c1-2-6-13(7-3-1)18-19-12-16-10-14-8-4-5-9-15(14)11-17(16)20-18;2*1-2-4-12(5-3-1)17-19-11-14-7-6-13-10-18-9-8-15(13)16(14)20-17;1-4(6)3-5(2)7;;;/h1-6,8-12H;2*1-4,6-11H;3,6H,1-2H3;;;/q3*-1;;;;. The van der Waals surface area contributed by atoms with Crippen molar-refractivity contribution in [3.05, 3.63) is 219 Å². The fraction of sp³-hybridized carbons (Fsp3) is 0.0351. The smallest absolute Gasteiger partial charge is 0.155 e. The number of hydrogen-bond acceptors (Lipinski definition) is 10. The maximum absolute atomic E-state index is 10.0. The van der Waals surface area contributed by atoms with Gasteiger partial charge < -0.3 is 5.11 Å². The first-order valence-corrected chi connectivity index (χ1v) is 21.3. The summed E-state index contributed by atoms with van der Waals surface area (Å²) in [4.78, 5) is 45.7. The van der Waals surface area contributed by atoms with Crippen molar-refractivity contribution in [2.45, 2.75) is 13.8 Å². The van der Waals surface area contributed by atoms with E-state index in [9.17, 15) is 4.79 Å². The molecular formula is C57H39Ir3N8O2-3. The van der Waals surface area contributed by atoms with Crippen LogP contribution in [0, 0.1) is 18.2 Å². The average molecular weight is 1440 g/mol. The largest absolute Gasteiger partial charge is 0.512 e. The van der Waals surface area contributed by atoms with Crippen LogP contribution in [0.2, 0.25) is 0 Å². The van der Waals surface area contributed by atoms with Gasteiger partial charge in [-0.3, -0.25) is 44.7 Å². The second kappa shape index (κ2) is 24.9. The molecule has 0 bridgehead atoms. The average Bonchev–Trinajstić information content (AvgIpc) is 3.38. The van der Waals surface area contributed by atoms with Crippen LogP contribution in [0.5, 0.6) is 0 Å². The summed E-state index contributed by atoms with van der Waals surface area (Å²) in [6.07, 6.45) is 14.1. The molecule has 12 rings (SSSR count). The Bertz CT molecular complexity index is 3540. The van der Waals surface area contributed by atoms with Gasteiger partial charge in [-0.25, -0.2) is 0 Å². The summed E-state index contributed by atoms with van der Waals surface area (Å²) in [7, 11) is 0. The molecule has 0 fully saturated rings. The zero-order chi connectivity index (χ0) is 46.0. The van der Waals surface area contributed by atoms with E-state index in [1.54, 1.807) is 12.4 Å². The molecule has 0 unspecified atom stereocenters. The predicted octanol–water partition coefficient (Wildman–Crippen LogP) is 12.6. The molecule has 349 valence electrons. The third kappa shape index (κ3) is 12.7. The second-order valence-corrected chi connectivity index (χ2v) is 15.3. The quantitative estimate of drug-likeness (QED) is 0.0595. The number of hydrogen-bond donors (Lipinski definition) is 1. The van der Waals surface area contributed by atoms with Gasteiger partial charge in [0.1, 0.15) is 0 Å². The number of benzene rings is 7. The van der Waals surface area contributed by atoms with Crippen molar-refractivity contribution in [3.8, 4) is 34.2 Å². The third-order valence-corrected chi connectivity index (χ3v) is 10.4. The second-order valence-electron chi connectivity index (χ2n) is 15.3. The van der Waals surface area contributed by atoms with Crippen molar-refractivity contribution in [3.63, 3.8) is 0 Å². The minimum atomic E-state index is -0.125. The molecule has 0 aliphatic rings. The maximum Gasteiger partial charge on any atom is 0.155 e. The number of rotatable bonds is 4. The van der Waals surface area contributed by atoms with Crippen LogP contribution in [-0.4, -0.2) is 50.8 Å². The third-order valence-electron chi connectivity index (χ3n) is 10.4. The molecule has 0 aliphatic heterocycles. The summed E-state index contributed by atoms with van der Waals surface area (Å²) in [6.45, 7) is 2.85. The minimum absolute atomic E-state index is 0. The van der Waals surface area contributed by atoms with Crippen LogP contribution in [0.1, 0.15) is 13.8 Å². The van der Waals surface area contributed by atoms with Crippen LogP contribution >= 0.6 is 0 Å². The van der Waals surface area contributed by atoms with Crippen molar-refractivity contribution in [1.82, 2.24) is 39.9 Å². The number of nitrogens with zero attached hydrogens (tertiary/aromatic N) is 8. The number of ketones is 1. The molecule has 7 aromatic carbocycles. The number of fused-ring (bicyclic) bond motifs is 8. The van der Waals surface area contributed by atoms with Crippen LogP contribution in [0.25, 0.3) is 99.2 Å². The van der Waals surface area contributed by atoms with E-state index < -0.39 is 0 Å². The van der Waals surface area contributed by atoms with Gasteiger partial charge in [0, 0.05) is 147 Å². The van der Waals surface area contributed by atoms with Crippen molar-refractivity contribution < 1.29 is 70.2 Å². The van der Waals surface area contributed by atoms with E-state index in [1.807, 2.05) is 152 Å². The summed E-state index contributed by atoms with van der Waals surface area (Å²) >= 11 is 0. The van der Waals surface area contributed by atoms with Gasteiger partial charge in [0.15, 0.2) is 5.78 Å². The van der Waals surface area contributed by atoms with Gasteiger partial charge in [-0.05, 0) is 48.9 Å². The van der Waals surface area contributed by atoms with Crippen molar-refractivity contribution >= 4 is 70.8 Å². The first kappa shape index (κ1) is 52.2. The molecule has 3 radical (unpaired) electrons. The fourth-order valence-corrected chi connectivity index (χ4v) is 7.33. The number of aliphatic hydroxyl groups excluding tert-OH is 1. The van der Waals surface area contributed by atoms with E-state index in [2.05, 4.69) is 72.4 Å². The normalized spacial score (nSPS) is 10.6. The Morgan fingerprint density at radius 2 is 0.871 bits per heavy atom. The molecule has 0 saturated heterocycles. The number of carbonyl (C=O) groups excluding carboxylic acids is 1. The number of aliphatic hydroxyl groups is 1. The first-order valence-electron chi connectivity index (χ1n) is 21.3. The SMILES string of the molecule is CC(=O)C=C(C)O.[Ir].[Ir].[Ir].[c-]1ccccc1-c1ncc2cc3ccccc3cc2n1.[c-]1ccccc1-c1ncc2ccc3cnccc3c2n1.[c-]1ccccc1-c1ncc2ccc3cnccc3c2n1. The number of allylic oxidation sites excluding steroid dienone is 2. The van der Waals surface area contributed by atoms with Crippen LogP contribution in [-0.2, 0) is 65.1 Å². The van der Waals surface area contributed by atoms with Gasteiger partial charge in [-0.15, -0.1) is 108 Å². The van der Waals surface area contributed by atoms with E-state index in [-0.39, 0.29) is 71.9 Å². The maximum atomic E-state index is 10.0. The summed E-state index contributed by atoms with van der Waals surface area (Å²) < 4.78 is 0. The Morgan fingerprint density at radius 3 is 1.29 bits per heavy atom. The monoisotopic (exact) mass is 1450 g/mol. The van der Waals surface area contributed by atoms with Gasteiger partial charge >= 0.3 is 0 Å². The molecule has 0 aliphatic carbocycles. The molecule has 5 aromatic heterocycles. The Labute approximate surface area is 444 Å². The summed E-state index contributed by atoms with van der Waals surface area (Å²) in [5.41, 5.74) is 5.59. The molecule has 12 aromatic rings. The van der Waals surface area contributed by atoms with Gasteiger partial charge in [0.05, 0.1) is 39.8 Å². The molecule has 0 spiro atoms. The molecule has 0 amide bonds. The number of carbonyl (C=O) groups is 1. The number of aromatic nitrogens is 8. The fourth-order valence-electron chi connectivity index (χ4n) is 7.33. The molecule has 0 atom stereocenters. The predicted molar refractivity (Wildman–Crippen MR) is 267 cm³/mol. The molecule has 5 heterocycles. The zero-order valence-electron chi connectivity index (χ0n) is 37.4. The van der Waals surface area contributed by atoms with E-state index in [0.717, 1.165) is 70.9 Å². The minimum Gasteiger partial charge on any atom is -0.512 e. The molecule has 13 heteroatoms. The van der Waals surface area contributed by atoms with Crippen LogP contribution in [0.4, 0.5) is 0 Å². The molecular weight excluding hydrogens is 1410 g/mol. The first-order chi connectivity index (χ1) is 32.9. The molecule has 0 saturated carbocycles. The summed E-state index contributed by atoms with van der Waals surface area (Å²) in [5, 5.41) is 18.2. The van der Waals surface area contributed by atoms with Gasteiger partial charge in [-0.2, -0.15) is 0 Å². The van der Waals surface area contributed by atoms with Gasteiger partial charge in [-0.1, -0.05) is 48.5 Å². The van der Waals surface area contributed by atoms with Crippen molar-refractivity contribution in [2.24, 2.45) is 0 Å². The van der Waals surface area contributed by atoms with Crippen LogP contribution in [0.15, 0.2) is 201 Å². The zero-order valence-corrected chi connectivity index (χ0v) is 44.6. The van der Waals surface area contributed by atoms with Crippen LogP contribution < -0.4 is 0 Å². The summed E-state index contributed by atoms with van der Waals surface area (Å²) in [5.74, 6) is 2.05. The van der Waals surface area contributed by atoms with E-state index >= 15 is 0 Å². The van der Waals surface area contributed by atoms with Gasteiger partial charge in [0.2, 0.25) is 0 Å². The van der Waals surface area contributed by atoms with Gasteiger partial charge in [0.25, 0.3) is 0 Å². The Kier molecular flexibility index (Phi) is 18.6. The Balaban J connectivity index is 0.000000158. The van der Waals surface area contributed by atoms with Crippen molar-refractivity contribution in [2.75, 3.05) is 0 Å². The topological polar surface area (TPSA) is 140 Å². The Morgan fingerprint density at radius 1 is 0.457 bits per heavy atom. The summed E-state index contributed by atoms with van der Waals surface area (Å²) in [6, 6.07) is 57.4. The van der Waals surface area contributed by atoms with E-state index in [4.69, 9.17) is 15.1 Å². The molecule has 10 nitrogen and oxygen atoms in total.